The number of rotatable bonds is 4. The molecule has 1 N–H and O–H groups in total. The normalized spacial score (nSPS) is 13.7. The Morgan fingerprint density at radius 1 is 1.22 bits per heavy atom. The second kappa shape index (κ2) is 7.67. The number of furan rings is 1. The molecule has 1 amide bonds. The number of hydrogen-bond acceptors (Lipinski definition) is 7. The number of fused-ring (bicyclic) bond motifs is 2. The quantitative estimate of drug-likeness (QED) is 0.464. The first-order valence-corrected chi connectivity index (χ1v) is 11.4. The Bertz CT molecular complexity index is 1380. The maximum Gasteiger partial charge on any atom is 0.258 e. The number of aromatic nitrogens is 4. The number of aryl methyl sites for hydroxylation is 3. The average molecular weight is 450 g/mol. The van der Waals surface area contributed by atoms with Crippen molar-refractivity contribution in [1.82, 2.24) is 19.7 Å². The number of nitrogens with zero attached hydrogens (tertiary/aromatic N) is 4. The molecule has 0 bridgehead atoms. The highest BCUT2D eigenvalue weighted by molar-refractivity contribution is 7.17. The number of ketones is 1. The largest absolute Gasteiger partial charge is 0.466 e. The van der Waals surface area contributed by atoms with Gasteiger partial charge in [0.25, 0.3) is 5.91 Å². The number of Topliss-reactive ketones (excluding diaryl/α,β-unsaturated/α-hetero) is 1. The van der Waals surface area contributed by atoms with E-state index in [-0.39, 0.29) is 17.7 Å². The van der Waals surface area contributed by atoms with Crippen LogP contribution in [-0.4, -0.2) is 31.4 Å². The van der Waals surface area contributed by atoms with Crippen molar-refractivity contribution in [1.29, 1.82) is 0 Å². The van der Waals surface area contributed by atoms with Crippen LogP contribution < -0.4 is 5.32 Å². The van der Waals surface area contributed by atoms with Gasteiger partial charge in [-0.05, 0) is 52.7 Å². The molecule has 0 atom stereocenters. The van der Waals surface area contributed by atoms with E-state index >= 15 is 0 Å². The van der Waals surface area contributed by atoms with Gasteiger partial charge < -0.3 is 4.42 Å². The molecule has 0 fully saturated rings. The summed E-state index contributed by atoms with van der Waals surface area (Å²) in [7, 11) is 0. The van der Waals surface area contributed by atoms with Crippen molar-refractivity contribution in [3.63, 3.8) is 0 Å². The van der Waals surface area contributed by atoms with E-state index in [1.165, 1.54) is 11.3 Å². The molecule has 1 aliphatic carbocycles. The molecule has 0 unspecified atom stereocenters. The molecule has 0 saturated carbocycles. The molecular formula is C23H23N5O3S. The van der Waals surface area contributed by atoms with Gasteiger partial charge in [0.1, 0.15) is 11.5 Å². The third-order valence-electron chi connectivity index (χ3n) is 5.61. The number of thiazole rings is 1. The van der Waals surface area contributed by atoms with Crippen molar-refractivity contribution >= 4 is 39.2 Å². The van der Waals surface area contributed by atoms with Crippen molar-refractivity contribution in [2.24, 2.45) is 0 Å². The third-order valence-corrected chi connectivity index (χ3v) is 6.66. The van der Waals surface area contributed by atoms with E-state index in [0.717, 1.165) is 35.6 Å². The van der Waals surface area contributed by atoms with Gasteiger partial charge in [0, 0.05) is 18.0 Å². The van der Waals surface area contributed by atoms with Crippen molar-refractivity contribution in [3.8, 4) is 11.3 Å². The monoisotopic (exact) mass is 449 g/mol. The van der Waals surface area contributed by atoms with Gasteiger partial charge in [-0.25, -0.2) is 14.6 Å². The first-order chi connectivity index (χ1) is 15.3. The predicted molar refractivity (Wildman–Crippen MR) is 122 cm³/mol. The summed E-state index contributed by atoms with van der Waals surface area (Å²) in [6.07, 6.45) is 3.77. The molecule has 164 valence electrons. The fourth-order valence-corrected chi connectivity index (χ4v) is 5.07. The van der Waals surface area contributed by atoms with Crippen molar-refractivity contribution < 1.29 is 14.0 Å². The SMILES string of the molecule is Cc1cc(-c2cc(C(=O)Nc3nc4c(s3)C(=O)CCC4)c3cnn(C(C)C)c3n2)c(C)o1. The van der Waals surface area contributed by atoms with Gasteiger partial charge in [-0.2, -0.15) is 5.10 Å². The molecule has 0 aliphatic heterocycles. The molecule has 9 heteroatoms. The van der Waals surface area contributed by atoms with Gasteiger partial charge in [-0.1, -0.05) is 11.3 Å². The first-order valence-electron chi connectivity index (χ1n) is 10.6. The Morgan fingerprint density at radius 2 is 2.03 bits per heavy atom. The summed E-state index contributed by atoms with van der Waals surface area (Å²) in [5.74, 6) is 1.31. The van der Waals surface area contributed by atoms with Crippen LogP contribution in [0.15, 0.2) is 22.7 Å². The van der Waals surface area contributed by atoms with Crippen LogP contribution in [0.3, 0.4) is 0 Å². The van der Waals surface area contributed by atoms with Crippen LogP contribution >= 0.6 is 11.3 Å². The summed E-state index contributed by atoms with van der Waals surface area (Å²) in [5, 5.41) is 8.46. The molecule has 8 nitrogen and oxygen atoms in total. The number of carbonyl (C=O) groups excluding carboxylic acids is 2. The van der Waals surface area contributed by atoms with E-state index in [1.807, 2.05) is 33.8 Å². The van der Waals surface area contributed by atoms with Crippen molar-refractivity contribution in [2.75, 3.05) is 5.32 Å². The lowest BCUT2D eigenvalue weighted by atomic mass is 10.0. The van der Waals surface area contributed by atoms with Gasteiger partial charge in [-0.15, -0.1) is 0 Å². The van der Waals surface area contributed by atoms with E-state index < -0.39 is 0 Å². The second-order valence-electron chi connectivity index (χ2n) is 8.33. The maximum absolute atomic E-state index is 13.4. The van der Waals surface area contributed by atoms with Crippen LogP contribution in [0.5, 0.6) is 0 Å². The van der Waals surface area contributed by atoms with Crippen molar-refractivity contribution in [2.45, 2.75) is 53.0 Å². The Labute approximate surface area is 188 Å². The zero-order valence-corrected chi connectivity index (χ0v) is 19.2. The second-order valence-corrected chi connectivity index (χ2v) is 9.33. The molecular weight excluding hydrogens is 426 g/mol. The van der Waals surface area contributed by atoms with E-state index in [1.54, 1.807) is 16.9 Å². The number of carbonyl (C=O) groups is 2. The Hall–Kier alpha value is -3.33. The zero-order chi connectivity index (χ0) is 22.6. The van der Waals surface area contributed by atoms with Gasteiger partial charge in [0.15, 0.2) is 16.6 Å². The minimum absolute atomic E-state index is 0.0787. The summed E-state index contributed by atoms with van der Waals surface area (Å²) in [5.41, 5.74) is 3.35. The topological polar surface area (TPSA) is 103 Å². The molecule has 0 saturated heterocycles. The minimum Gasteiger partial charge on any atom is -0.466 e. The smallest absolute Gasteiger partial charge is 0.258 e. The summed E-state index contributed by atoms with van der Waals surface area (Å²) < 4.78 is 7.49. The summed E-state index contributed by atoms with van der Waals surface area (Å²) in [6.45, 7) is 7.80. The van der Waals surface area contributed by atoms with Crippen LogP contribution in [-0.2, 0) is 6.42 Å². The van der Waals surface area contributed by atoms with E-state index in [9.17, 15) is 9.59 Å². The van der Waals surface area contributed by atoms with Crippen LogP contribution in [0.4, 0.5) is 5.13 Å². The van der Waals surface area contributed by atoms with Crippen LogP contribution in [0.2, 0.25) is 0 Å². The molecule has 4 aromatic rings. The highest BCUT2D eigenvalue weighted by Crippen LogP contribution is 2.32. The molecule has 4 heterocycles. The number of amides is 1. The Balaban J connectivity index is 1.60. The summed E-state index contributed by atoms with van der Waals surface area (Å²) in [6, 6.07) is 3.76. The minimum atomic E-state index is -0.307. The molecule has 0 spiro atoms. The summed E-state index contributed by atoms with van der Waals surface area (Å²) >= 11 is 1.24. The zero-order valence-electron chi connectivity index (χ0n) is 18.4. The van der Waals surface area contributed by atoms with Gasteiger partial charge in [0.05, 0.1) is 33.4 Å². The lowest BCUT2D eigenvalue weighted by molar-refractivity contribution is 0.0975. The van der Waals surface area contributed by atoms with Crippen molar-refractivity contribution in [3.05, 3.63) is 46.0 Å². The van der Waals surface area contributed by atoms with E-state index in [2.05, 4.69) is 15.4 Å². The third kappa shape index (κ3) is 3.42. The highest BCUT2D eigenvalue weighted by atomic mass is 32.1. The number of hydrogen-bond donors (Lipinski definition) is 1. The Morgan fingerprint density at radius 3 is 2.72 bits per heavy atom. The fourth-order valence-electron chi connectivity index (χ4n) is 4.09. The summed E-state index contributed by atoms with van der Waals surface area (Å²) in [4.78, 5) is 35.5. The molecule has 32 heavy (non-hydrogen) atoms. The maximum atomic E-state index is 13.4. The van der Waals surface area contributed by atoms with E-state index in [0.29, 0.717) is 38.7 Å². The molecule has 0 aromatic carbocycles. The first kappa shape index (κ1) is 20.6. The van der Waals surface area contributed by atoms with Gasteiger partial charge >= 0.3 is 0 Å². The molecule has 5 rings (SSSR count). The average Bonchev–Trinajstić information content (AvgIpc) is 3.43. The van der Waals surface area contributed by atoms with Gasteiger partial charge in [0.2, 0.25) is 0 Å². The van der Waals surface area contributed by atoms with E-state index in [4.69, 9.17) is 9.40 Å². The molecule has 1 aliphatic rings. The van der Waals surface area contributed by atoms with Crippen LogP contribution in [0, 0.1) is 13.8 Å². The van der Waals surface area contributed by atoms with Crippen LogP contribution in [0.1, 0.15) is 70.0 Å². The lowest BCUT2D eigenvalue weighted by Gasteiger charge is -2.10. The Kier molecular flexibility index (Phi) is 4.93. The number of pyridine rings is 1. The molecule has 4 aromatic heterocycles. The number of nitrogens with one attached hydrogen (secondary N) is 1. The number of anilines is 1. The van der Waals surface area contributed by atoms with Gasteiger partial charge in [-0.3, -0.25) is 14.9 Å². The molecule has 0 radical (unpaired) electrons. The standard InChI is InChI=1S/C23H23N5O3S/c1-11(2)28-21-16(10-24-28)15(9-18(25-21)14-8-12(3)31-13(14)4)22(30)27-23-26-17-6-5-7-19(29)20(17)32-23/h8-11H,5-7H2,1-4H3,(H,26,27,30). The lowest BCUT2D eigenvalue weighted by Crippen LogP contribution is -2.13. The fraction of sp³-hybridized carbons (Fsp3) is 0.348. The van der Waals surface area contributed by atoms with Crippen LogP contribution in [0.25, 0.3) is 22.3 Å². The highest BCUT2D eigenvalue weighted by Gasteiger charge is 2.25. The predicted octanol–water partition coefficient (Wildman–Crippen LogP) is 5.12.